The zero-order chi connectivity index (χ0) is 23.6. The number of nitrogens with one attached hydrogen (secondary N) is 1. The molecule has 3 heterocycles. The number of amides is 1. The molecule has 0 saturated carbocycles. The van der Waals surface area contributed by atoms with Crippen molar-refractivity contribution in [1.82, 2.24) is 0 Å². The number of carbonyl (C=O) groups excluding carboxylic acids is 3. The van der Waals surface area contributed by atoms with Gasteiger partial charge in [-0.15, -0.1) is 0 Å². The molecule has 0 aliphatic carbocycles. The van der Waals surface area contributed by atoms with E-state index in [-0.39, 0.29) is 17.5 Å². The van der Waals surface area contributed by atoms with Gasteiger partial charge in [-0.3, -0.25) is 14.4 Å². The summed E-state index contributed by atoms with van der Waals surface area (Å²) in [5.41, 5.74) is 1.84. The number of anilines is 2. The van der Waals surface area contributed by atoms with Crippen LogP contribution in [0, 0.1) is 11.7 Å². The number of carbonyl (C=O) groups is 3. The molecule has 4 atom stereocenters. The number of rotatable bonds is 3. The van der Waals surface area contributed by atoms with Crippen molar-refractivity contribution in [3.63, 3.8) is 0 Å². The monoisotopic (exact) mass is 452 g/mol. The van der Waals surface area contributed by atoms with Gasteiger partial charge in [0.2, 0.25) is 5.91 Å². The van der Waals surface area contributed by atoms with Crippen molar-refractivity contribution in [3.8, 4) is 0 Å². The first-order valence-corrected chi connectivity index (χ1v) is 11.2. The maximum absolute atomic E-state index is 14.1. The lowest BCUT2D eigenvalue weighted by atomic mass is 9.64. The summed E-state index contributed by atoms with van der Waals surface area (Å²) in [6, 6.07) is 18.9. The lowest BCUT2D eigenvalue weighted by Crippen LogP contribution is -2.54. The van der Waals surface area contributed by atoms with Crippen LogP contribution in [-0.4, -0.2) is 29.6 Å². The largest absolute Gasteiger partial charge is 0.352 e. The van der Waals surface area contributed by atoms with Crippen LogP contribution >= 0.6 is 0 Å². The van der Waals surface area contributed by atoms with Gasteiger partial charge in [0, 0.05) is 16.9 Å². The molecule has 6 rings (SSSR count). The summed E-state index contributed by atoms with van der Waals surface area (Å²) in [4.78, 5) is 43.3. The number of nitrogens with zero attached hydrogens (tertiary/aromatic N) is 1. The fraction of sp³-hybridized carbons (Fsp3) is 0.179. The summed E-state index contributed by atoms with van der Waals surface area (Å²) < 4.78 is 13.6. The predicted molar refractivity (Wildman–Crippen MR) is 127 cm³/mol. The Morgan fingerprint density at radius 1 is 0.971 bits per heavy atom. The molecular formula is C28H21FN2O3. The molecule has 3 aromatic rings. The minimum atomic E-state index is -1.43. The molecular weight excluding hydrogens is 431 g/mol. The van der Waals surface area contributed by atoms with Crippen molar-refractivity contribution >= 4 is 34.9 Å². The normalized spacial score (nSPS) is 26.1. The number of benzene rings is 3. The van der Waals surface area contributed by atoms with Gasteiger partial charge in [-0.2, -0.15) is 0 Å². The van der Waals surface area contributed by atoms with Crippen LogP contribution in [-0.2, 0) is 15.0 Å². The van der Waals surface area contributed by atoms with Gasteiger partial charge < -0.3 is 10.2 Å². The maximum Gasteiger partial charge on any atom is 0.238 e. The van der Waals surface area contributed by atoms with Crippen LogP contribution in [0.3, 0.4) is 0 Å². The average molecular weight is 452 g/mol. The Hall–Kier alpha value is -4.06. The van der Waals surface area contributed by atoms with Crippen molar-refractivity contribution in [1.29, 1.82) is 0 Å². The Morgan fingerprint density at radius 3 is 2.44 bits per heavy atom. The van der Waals surface area contributed by atoms with Crippen LogP contribution in [0.5, 0.6) is 0 Å². The van der Waals surface area contributed by atoms with E-state index in [1.807, 2.05) is 59.5 Å². The van der Waals surface area contributed by atoms with Crippen molar-refractivity contribution in [3.05, 3.63) is 101 Å². The number of hydrogen-bond acceptors (Lipinski definition) is 4. The molecule has 3 aromatic carbocycles. The Morgan fingerprint density at radius 2 is 1.68 bits per heavy atom. The molecule has 1 N–H and O–H groups in total. The highest BCUT2D eigenvalue weighted by atomic mass is 19.1. The third-order valence-electron chi connectivity index (χ3n) is 7.34. The number of Topliss-reactive ketones (excluding diaryl/α,β-unsaturated/α-hetero) is 2. The molecule has 0 aromatic heterocycles. The van der Waals surface area contributed by atoms with Gasteiger partial charge in [-0.1, -0.05) is 48.6 Å². The van der Waals surface area contributed by atoms with Crippen molar-refractivity contribution in [2.24, 2.45) is 5.92 Å². The third-order valence-corrected chi connectivity index (χ3v) is 7.34. The minimum absolute atomic E-state index is 0.198. The number of fused-ring (bicyclic) bond motifs is 5. The fourth-order valence-electron chi connectivity index (χ4n) is 6.11. The van der Waals surface area contributed by atoms with Crippen molar-refractivity contribution < 1.29 is 18.8 Å². The fourth-order valence-corrected chi connectivity index (χ4v) is 6.11. The standard InChI is InChI=1S/C28H21FN2O3/c1-16(32)26-28(20-7-3-4-8-21(20)30-27(28)34)24(25(33)18-10-13-19(29)14-11-18)23-15-12-17-6-2-5-9-22(17)31(23)26/h2-15,23-24,26H,1H3,(H,30,34)/t23-,24+,26-,28-/m0/s1. The van der Waals surface area contributed by atoms with E-state index in [1.165, 1.54) is 31.2 Å². The Bertz CT molecular complexity index is 1400. The van der Waals surface area contributed by atoms with Crippen LogP contribution in [0.15, 0.2) is 78.9 Å². The molecule has 1 spiro atoms. The van der Waals surface area contributed by atoms with Crippen molar-refractivity contribution in [2.45, 2.75) is 24.4 Å². The van der Waals surface area contributed by atoms with Gasteiger partial charge in [0.25, 0.3) is 0 Å². The molecule has 0 unspecified atom stereocenters. The van der Waals surface area contributed by atoms with Gasteiger partial charge in [0.1, 0.15) is 17.3 Å². The molecule has 6 heteroatoms. The molecule has 0 bridgehead atoms. The molecule has 1 amide bonds. The second-order valence-electron chi connectivity index (χ2n) is 9.05. The molecule has 3 aliphatic rings. The summed E-state index contributed by atoms with van der Waals surface area (Å²) >= 11 is 0. The second-order valence-corrected chi connectivity index (χ2v) is 9.05. The smallest absolute Gasteiger partial charge is 0.238 e. The van der Waals surface area contributed by atoms with Crippen LogP contribution < -0.4 is 10.2 Å². The van der Waals surface area contributed by atoms with Gasteiger partial charge in [0.05, 0.1) is 12.0 Å². The maximum atomic E-state index is 14.1. The van der Waals surface area contributed by atoms with E-state index in [2.05, 4.69) is 5.32 Å². The average Bonchev–Trinajstić information content (AvgIpc) is 3.32. The molecule has 5 nitrogen and oxygen atoms in total. The minimum Gasteiger partial charge on any atom is -0.352 e. The van der Waals surface area contributed by atoms with Crippen LogP contribution in [0.2, 0.25) is 0 Å². The van der Waals surface area contributed by atoms with Gasteiger partial charge in [-0.05, 0) is 54.4 Å². The molecule has 1 saturated heterocycles. The zero-order valence-electron chi connectivity index (χ0n) is 18.4. The van der Waals surface area contributed by atoms with Crippen LogP contribution in [0.1, 0.15) is 28.4 Å². The summed E-state index contributed by atoms with van der Waals surface area (Å²) in [6.45, 7) is 1.48. The summed E-state index contributed by atoms with van der Waals surface area (Å²) in [7, 11) is 0. The first-order valence-electron chi connectivity index (χ1n) is 11.2. The van der Waals surface area contributed by atoms with E-state index < -0.39 is 29.2 Å². The highest BCUT2D eigenvalue weighted by molar-refractivity contribution is 6.17. The van der Waals surface area contributed by atoms with E-state index in [1.54, 1.807) is 6.07 Å². The van der Waals surface area contributed by atoms with E-state index in [4.69, 9.17) is 0 Å². The van der Waals surface area contributed by atoms with E-state index >= 15 is 0 Å². The summed E-state index contributed by atoms with van der Waals surface area (Å²) in [5.74, 6) is -2.20. The molecule has 0 radical (unpaired) electrons. The highest BCUT2D eigenvalue weighted by Gasteiger charge is 2.70. The van der Waals surface area contributed by atoms with Crippen LogP contribution in [0.25, 0.3) is 6.08 Å². The first-order chi connectivity index (χ1) is 16.4. The Balaban J connectivity index is 1.66. The second kappa shape index (κ2) is 7.22. The van der Waals surface area contributed by atoms with E-state index in [0.29, 0.717) is 16.8 Å². The Kier molecular flexibility index (Phi) is 4.36. The van der Waals surface area contributed by atoms with E-state index in [9.17, 15) is 18.8 Å². The SMILES string of the molecule is CC(=O)[C@@H]1N2c3ccccc3C=C[C@H]2[C@H](C(=O)c2ccc(F)cc2)[C@]12C(=O)Nc1ccccc12. The lowest BCUT2D eigenvalue weighted by Gasteiger charge is -2.36. The van der Waals surface area contributed by atoms with E-state index in [0.717, 1.165) is 11.3 Å². The predicted octanol–water partition coefficient (Wildman–Crippen LogP) is 4.39. The molecule has 3 aliphatic heterocycles. The zero-order valence-corrected chi connectivity index (χ0v) is 18.4. The topological polar surface area (TPSA) is 66.5 Å². The molecule has 1 fully saturated rings. The molecule has 168 valence electrons. The van der Waals surface area contributed by atoms with Gasteiger partial charge in [0.15, 0.2) is 11.6 Å². The van der Waals surface area contributed by atoms with Gasteiger partial charge >= 0.3 is 0 Å². The lowest BCUT2D eigenvalue weighted by molar-refractivity contribution is -0.127. The molecule has 34 heavy (non-hydrogen) atoms. The van der Waals surface area contributed by atoms with Gasteiger partial charge in [-0.25, -0.2) is 4.39 Å². The quantitative estimate of drug-likeness (QED) is 0.599. The Labute approximate surface area is 195 Å². The first kappa shape index (κ1) is 20.5. The summed E-state index contributed by atoms with van der Waals surface area (Å²) in [5, 5.41) is 2.94. The number of ketones is 2. The van der Waals surface area contributed by atoms with Crippen molar-refractivity contribution in [2.75, 3.05) is 10.2 Å². The highest BCUT2D eigenvalue weighted by Crippen LogP contribution is 2.57. The van der Waals surface area contributed by atoms with Crippen LogP contribution in [0.4, 0.5) is 15.8 Å². The summed E-state index contributed by atoms with van der Waals surface area (Å²) in [6.07, 6.45) is 3.85. The number of hydrogen-bond donors (Lipinski definition) is 1. The third kappa shape index (κ3) is 2.56. The number of halogens is 1. The number of para-hydroxylation sites is 2.